The zero-order valence-corrected chi connectivity index (χ0v) is 16.8. The molecule has 2 rings (SSSR count). The van der Waals surface area contributed by atoms with E-state index in [4.69, 9.17) is 0 Å². The van der Waals surface area contributed by atoms with E-state index < -0.39 is 10.0 Å². The monoisotopic (exact) mass is 388 g/mol. The van der Waals surface area contributed by atoms with Crippen LogP contribution in [0.2, 0.25) is 0 Å². The van der Waals surface area contributed by atoms with Gasteiger partial charge in [0.15, 0.2) is 5.78 Å². The molecule has 0 radical (unpaired) electrons. The number of carbonyl (C=O) groups excluding carboxylic acids is 2. The first-order valence-corrected chi connectivity index (χ1v) is 10.2. The largest absolute Gasteiger partial charge is 0.322 e. The Bertz CT molecular complexity index is 946. The summed E-state index contributed by atoms with van der Waals surface area (Å²) in [5.41, 5.74) is 2.22. The van der Waals surface area contributed by atoms with Crippen molar-refractivity contribution in [2.24, 2.45) is 0 Å². The third kappa shape index (κ3) is 4.61. The fourth-order valence-electron chi connectivity index (χ4n) is 2.66. The molecule has 0 aliphatic carbocycles. The molecule has 0 atom stereocenters. The number of nitrogens with one attached hydrogen (secondary N) is 1. The first-order valence-electron chi connectivity index (χ1n) is 8.73. The van der Waals surface area contributed by atoms with Crippen molar-refractivity contribution in [1.82, 2.24) is 4.31 Å². The van der Waals surface area contributed by atoms with E-state index in [2.05, 4.69) is 5.32 Å². The van der Waals surface area contributed by atoms with Crippen LogP contribution in [-0.4, -0.2) is 37.5 Å². The van der Waals surface area contributed by atoms with Crippen molar-refractivity contribution in [2.45, 2.75) is 32.6 Å². The van der Waals surface area contributed by atoms with E-state index >= 15 is 0 Å². The summed E-state index contributed by atoms with van der Waals surface area (Å²) in [6, 6.07) is 10.9. The number of sulfonamides is 1. The van der Waals surface area contributed by atoms with E-state index in [0.717, 1.165) is 5.56 Å². The molecule has 7 heteroatoms. The second kappa shape index (κ2) is 8.45. The van der Waals surface area contributed by atoms with Gasteiger partial charge in [0, 0.05) is 29.9 Å². The predicted octanol–water partition coefficient (Wildman–Crippen LogP) is 3.48. The van der Waals surface area contributed by atoms with Gasteiger partial charge in [-0.15, -0.1) is 0 Å². The van der Waals surface area contributed by atoms with Gasteiger partial charge >= 0.3 is 0 Å². The minimum atomic E-state index is -3.56. The summed E-state index contributed by atoms with van der Waals surface area (Å²) in [5.74, 6) is -0.456. The molecular formula is C20H24N2O4S. The maximum atomic E-state index is 12.5. The zero-order valence-electron chi connectivity index (χ0n) is 15.9. The topological polar surface area (TPSA) is 83.6 Å². The van der Waals surface area contributed by atoms with Crippen molar-refractivity contribution < 1.29 is 18.0 Å². The number of anilines is 1. The Balaban J connectivity index is 2.24. The Kier molecular flexibility index (Phi) is 6.51. The first-order chi connectivity index (χ1) is 12.7. The first kappa shape index (κ1) is 20.8. The number of carbonyl (C=O) groups is 2. The fraction of sp³-hybridized carbons (Fsp3) is 0.300. The molecule has 0 heterocycles. The standard InChI is InChI=1S/C20H24N2O4S/c1-5-22(6-2)27(25,26)18-11-9-16(10-12-18)20(24)21-19-13-17(15(4)23)8-7-14(19)3/h7-13H,5-6H2,1-4H3,(H,21,24). The summed E-state index contributed by atoms with van der Waals surface area (Å²) in [5, 5.41) is 2.77. The molecule has 0 bridgehead atoms. The van der Waals surface area contributed by atoms with E-state index in [1.165, 1.54) is 35.5 Å². The average molecular weight is 388 g/mol. The second-order valence-electron chi connectivity index (χ2n) is 6.15. The highest BCUT2D eigenvalue weighted by molar-refractivity contribution is 7.89. The molecule has 6 nitrogen and oxygen atoms in total. The van der Waals surface area contributed by atoms with Gasteiger partial charge < -0.3 is 5.32 Å². The number of nitrogens with zero attached hydrogens (tertiary/aromatic N) is 1. The van der Waals surface area contributed by atoms with Crippen LogP contribution in [0.3, 0.4) is 0 Å². The summed E-state index contributed by atoms with van der Waals surface area (Å²) >= 11 is 0. The smallest absolute Gasteiger partial charge is 0.255 e. The number of hydrogen-bond acceptors (Lipinski definition) is 4. The van der Waals surface area contributed by atoms with Gasteiger partial charge in [-0.05, 0) is 49.7 Å². The molecule has 1 N–H and O–H groups in total. The maximum Gasteiger partial charge on any atom is 0.255 e. The molecule has 2 aromatic carbocycles. The molecule has 144 valence electrons. The van der Waals surface area contributed by atoms with Crippen molar-refractivity contribution in [3.63, 3.8) is 0 Å². The molecule has 0 aliphatic heterocycles. The number of ketones is 1. The van der Waals surface area contributed by atoms with Crippen LogP contribution in [0.5, 0.6) is 0 Å². The van der Waals surface area contributed by atoms with Gasteiger partial charge in [0.05, 0.1) is 4.90 Å². The maximum absolute atomic E-state index is 12.5. The lowest BCUT2D eigenvalue weighted by Crippen LogP contribution is -2.30. The van der Waals surface area contributed by atoms with Crippen LogP contribution in [0.25, 0.3) is 0 Å². The van der Waals surface area contributed by atoms with E-state index in [1.54, 1.807) is 32.0 Å². The summed E-state index contributed by atoms with van der Waals surface area (Å²) in [7, 11) is -3.56. The number of rotatable bonds is 7. The SMILES string of the molecule is CCN(CC)S(=O)(=O)c1ccc(C(=O)Nc2cc(C(C)=O)ccc2C)cc1. The lowest BCUT2D eigenvalue weighted by Gasteiger charge is -2.18. The van der Waals surface area contributed by atoms with E-state index in [-0.39, 0.29) is 16.6 Å². The van der Waals surface area contributed by atoms with Crippen LogP contribution in [-0.2, 0) is 10.0 Å². The van der Waals surface area contributed by atoms with Gasteiger partial charge in [-0.3, -0.25) is 9.59 Å². The number of benzene rings is 2. The molecule has 0 spiro atoms. The summed E-state index contributed by atoms with van der Waals surface area (Å²) in [6.45, 7) is 7.62. The Morgan fingerprint density at radius 2 is 1.52 bits per heavy atom. The van der Waals surface area contributed by atoms with Gasteiger partial charge in [0.25, 0.3) is 5.91 Å². The van der Waals surface area contributed by atoms with Crippen LogP contribution in [0.4, 0.5) is 5.69 Å². The van der Waals surface area contributed by atoms with Gasteiger partial charge in [-0.1, -0.05) is 26.0 Å². The quantitative estimate of drug-likeness (QED) is 0.736. The molecule has 0 saturated carbocycles. The lowest BCUT2D eigenvalue weighted by molar-refractivity contribution is 0.101. The molecule has 27 heavy (non-hydrogen) atoms. The normalized spacial score (nSPS) is 11.4. The Morgan fingerprint density at radius 1 is 0.963 bits per heavy atom. The minimum Gasteiger partial charge on any atom is -0.322 e. The Labute approximate surface area is 160 Å². The highest BCUT2D eigenvalue weighted by Gasteiger charge is 2.21. The molecule has 0 aliphatic rings. The summed E-state index contributed by atoms with van der Waals surface area (Å²) in [4.78, 5) is 24.2. The van der Waals surface area contributed by atoms with Crippen molar-refractivity contribution in [2.75, 3.05) is 18.4 Å². The molecule has 1 amide bonds. The van der Waals surface area contributed by atoms with Gasteiger partial charge in [-0.2, -0.15) is 4.31 Å². The van der Waals surface area contributed by atoms with Crippen LogP contribution in [0.1, 0.15) is 47.1 Å². The van der Waals surface area contributed by atoms with Crippen molar-refractivity contribution in [3.8, 4) is 0 Å². The molecule has 2 aromatic rings. The van der Waals surface area contributed by atoms with Gasteiger partial charge in [0.2, 0.25) is 10.0 Å². The van der Waals surface area contributed by atoms with Gasteiger partial charge in [0.1, 0.15) is 0 Å². The number of Topliss-reactive ketones (excluding diaryl/α,β-unsaturated/α-hetero) is 1. The number of amides is 1. The van der Waals surface area contributed by atoms with Crippen LogP contribution in [0.15, 0.2) is 47.4 Å². The second-order valence-corrected chi connectivity index (χ2v) is 8.09. The third-order valence-corrected chi connectivity index (χ3v) is 6.42. The Hall–Kier alpha value is -2.51. The van der Waals surface area contributed by atoms with Crippen molar-refractivity contribution >= 4 is 27.4 Å². The molecule has 0 fully saturated rings. The number of hydrogen-bond donors (Lipinski definition) is 1. The Morgan fingerprint density at radius 3 is 2.04 bits per heavy atom. The van der Waals surface area contributed by atoms with Gasteiger partial charge in [-0.25, -0.2) is 8.42 Å². The molecule has 0 aromatic heterocycles. The fourth-order valence-corrected chi connectivity index (χ4v) is 4.12. The zero-order chi connectivity index (χ0) is 20.2. The summed E-state index contributed by atoms with van der Waals surface area (Å²) < 4.78 is 26.4. The third-order valence-electron chi connectivity index (χ3n) is 4.35. The summed E-state index contributed by atoms with van der Waals surface area (Å²) in [6.07, 6.45) is 0. The van der Waals surface area contributed by atoms with Crippen molar-refractivity contribution in [1.29, 1.82) is 0 Å². The van der Waals surface area contributed by atoms with E-state index in [1.807, 2.05) is 6.92 Å². The van der Waals surface area contributed by atoms with Crippen LogP contribution in [0, 0.1) is 6.92 Å². The lowest BCUT2D eigenvalue weighted by atomic mass is 10.1. The van der Waals surface area contributed by atoms with Crippen LogP contribution < -0.4 is 5.32 Å². The molecule has 0 saturated heterocycles. The van der Waals surface area contributed by atoms with Crippen LogP contribution >= 0.6 is 0 Å². The number of aryl methyl sites for hydroxylation is 1. The minimum absolute atomic E-state index is 0.0866. The van der Waals surface area contributed by atoms with E-state index in [0.29, 0.717) is 29.9 Å². The predicted molar refractivity (Wildman–Crippen MR) is 106 cm³/mol. The highest BCUT2D eigenvalue weighted by Crippen LogP contribution is 2.20. The molecular weight excluding hydrogens is 364 g/mol. The average Bonchev–Trinajstić information content (AvgIpc) is 2.64. The highest BCUT2D eigenvalue weighted by atomic mass is 32.2. The van der Waals surface area contributed by atoms with E-state index in [9.17, 15) is 18.0 Å². The van der Waals surface area contributed by atoms with Crippen molar-refractivity contribution in [3.05, 3.63) is 59.2 Å². The molecule has 0 unspecified atom stereocenters.